The molecule has 1 heterocycles. The summed E-state index contributed by atoms with van der Waals surface area (Å²) in [5.74, 6) is -1.45. The van der Waals surface area contributed by atoms with Gasteiger partial charge in [0.1, 0.15) is 0 Å². The molecular weight excluding hydrogens is 242 g/mol. The number of nitrogens with one attached hydrogen (secondary N) is 1. The number of rotatable bonds is 3. The minimum Gasteiger partial charge on any atom is -0.481 e. The molecule has 0 aliphatic rings. The largest absolute Gasteiger partial charge is 0.481 e. The van der Waals surface area contributed by atoms with E-state index in [9.17, 15) is 9.59 Å². The smallest absolute Gasteiger partial charge is 0.306 e. The highest BCUT2D eigenvalue weighted by atomic mass is 16.4. The van der Waals surface area contributed by atoms with Gasteiger partial charge < -0.3 is 10.1 Å². The van der Waals surface area contributed by atoms with Crippen LogP contribution in [0.5, 0.6) is 0 Å². The van der Waals surface area contributed by atoms with Crippen LogP contribution in [0.4, 0.5) is 0 Å². The van der Waals surface area contributed by atoms with Crippen molar-refractivity contribution < 1.29 is 9.90 Å². The molecule has 0 spiro atoms. The Bertz CT molecular complexity index is 700. The Kier molecular flexibility index (Phi) is 3.42. The van der Waals surface area contributed by atoms with Gasteiger partial charge in [-0.1, -0.05) is 19.1 Å². The van der Waals surface area contributed by atoms with E-state index in [1.165, 1.54) is 0 Å². The van der Waals surface area contributed by atoms with Crippen LogP contribution in [-0.2, 0) is 11.2 Å². The number of aromatic amines is 1. The van der Waals surface area contributed by atoms with Gasteiger partial charge in [-0.15, -0.1) is 0 Å². The Balaban J connectivity index is 2.59. The Hall–Kier alpha value is -2.10. The minimum absolute atomic E-state index is 0.200. The van der Waals surface area contributed by atoms with E-state index < -0.39 is 11.9 Å². The molecule has 2 aromatic rings. The average Bonchev–Trinajstić information content (AvgIpc) is 2.35. The van der Waals surface area contributed by atoms with Gasteiger partial charge in [0.25, 0.3) is 5.56 Å². The van der Waals surface area contributed by atoms with Crippen LogP contribution >= 0.6 is 0 Å². The number of aryl methyl sites for hydroxylation is 2. The summed E-state index contributed by atoms with van der Waals surface area (Å²) < 4.78 is 0. The summed E-state index contributed by atoms with van der Waals surface area (Å²) in [5.41, 5.74) is 3.23. The number of carboxylic acids is 1. The van der Waals surface area contributed by atoms with E-state index in [2.05, 4.69) is 4.98 Å². The third-order valence-corrected chi connectivity index (χ3v) is 3.47. The van der Waals surface area contributed by atoms with Gasteiger partial charge in [-0.2, -0.15) is 0 Å². The molecule has 19 heavy (non-hydrogen) atoms. The summed E-state index contributed by atoms with van der Waals surface area (Å²) >= 11 is 0. The predicted molar refractivity (Wildman–Crippen MR) is 74.5 cm³/mol. The fourth-order valence-electron chi connectivity index (χ4n) is 2.19. The molecule has 100 valence electrons. The molecule has 0 saturated heterocycles. The third kappa shape index (κ3) is 2.52. The standard InChI is InChI=1S/C15H17NO3/c1-8-4-5-9(2)13-12(8)7-11(14(17)16-13)6-10(3)15(18)19/h4-5,7,10H,6H2,1-3H3,(H,16,17)(H,18,19). The zero-order chi connectivity index (χ0) is 14.2. The van der Waals surface area contributed by atoms with Crippen molar-refractivity contribution in [1.82, 2.24) is 4.98 Å². The second-order valence-corrected chi connectivity index (χ2v) is 5.06. The molecule has 0 aliphatic heterocycles. The highest BCUT2D eigenvalue weighted by Crippen LogP contribution is 2.20. The second-order valence-electron chi connectivity index (χ2n) is 5.06. The maximum absolute atomic E-state index is 12.0. The lowest BCUT2D eigenvalue weighted by atomic mass is 9.98. The van der Waals surface area contributed by atoms with Crippen LogP contribution in [0.25, 0.3) is 10.9 Å². The van der Waals surface area contributed by atoms with Gasteiger partial charge in [0, 0.05) is 10.9 Å². The van der Waals surface area contributed by atoms with Crippen LogP contribution in [0.15, 0.2) is 23.0 Å². The highest BCUT2D eigenvalue weighted by Gasteiger charge is 2.15. The van der Waals surface area contributed by atoms with E-state index >= 15 is 0 Å². The van der Waals surface area contributed by atoms with Gasteiger partial charge in [0.2, 0.25) is 0 Å². The van der Waals surface area contributed by atoms with Crippen molar-refractivity contribution in [3.63, 3.8) is 0 Å². The van der Waals surface area contributed by atoms with Crippen molar-refractivity contribution in [2.45, 2.75) is 27.2 Å². The van der Waals surface area contributed by atoms with Crippen LogP contribution in [0.2, 0.25) is 0 Å². The quantitative estimate of drug-likeness (QED) is 0.889. The van der Waals surface area contributed by atoms with Gasteiger partial charge in [0.05, 0.1) is 11.4 Å². The van der Waals surface area contributed by atoms with Crippen LogP contribution in [0, 0.1) is 19.8 Å². The lowest BCUT2D eigenvalue weighted by Gasteiger charge is -2.09. The predicted octanol–water partition coefficient (Wildman–Crippen LogP) is 2.41. The number of H-pyrrole nitrogens is 1. The Morgan fingerprint density at radius 2 is 1.95 bits per heavy atom. The lowest BCUT2D eigenvalue weighted by molar-refractivity contribution is -0.141. The van der Waals surface area contributed by atoms with Crippen molar-refractivity contribution in [3.05, 3.63) is 45.2 Å². The number of aromatic nitrogens is 1. The number of carbonyl (C=O) groups is 1. The molecule has 0 aliphatic carbocycles. The SMILES string of the molecule is Cc1ccc(C)c2[nH]c(=O)c(CC(C)C(=O)O)cc12. The number of benzene rings is 1. The number of aliphatic carboxylic acids is 1. The van der Waals surface area contributed by atoms with Crippen molar-refractivity contribution in [1.29, 1.82) is 0 Å². The first kappa shape index (κ1) is 13.3. The summed E-state index contributed by atoms with van der Waals surface area (Å²) in [6, 6.07) is 5.78. The normalized spacial score (nSPS) is 12.6. The molecular formula is C15H17NO3. The van der Waals surface area contributed by atoms with Crippen LogP contribution in [0.3, 0.4) is 0 Å². The monoisotopic (exact) mass is 259 g/mol. The lowest BCUT2D eigenvalue weighted by Crippen LogP contribution is -2.19. The molecule has 4 heteroatoms. The summed E-state index contributed by atoms with van der Waals surface area (Å²) in [6.07, 6.45) is 0.244. The number of pyridine rings is 1. The minimum atomic E-state index is -0.888. The Morgan fingerprint density at radius 3 is 2.58 bits per heavy atom. The average molecular weight is 259 g/mol. The van der Waals surface area contributed by atoms with Gasteiger partial charge in [-0.05, 0) is 37.5 Å². The Morgan fingerprint density at radius 1 is 1.32 bits per heavy atom. The van der Waals surface area contributed by atoms with E-state index in [1.54, 1.807) is 6.92 Å². The number of hydrogen-bond acceptors (Lipinski definition) is 2. The molecule has 0 saturated carbocycles. The molecule has 1 aromatic carbocycles. The van der Waals surface area contributed by atoms with E-state index in [1.807, 2.05) is 32.0 Å². The fraction of sp³-hybridized carbons (Fsp3) is 0.333. The van der Waals surface area contributed by atoms with Crippen molar-refractivity contribution in [2.75, 3.05) is 0 Å². The summed E-state index contributed by atoms with van der Waals surface area (Å²) in [5, 5.41) is 9.91. The molecule has 2 N–H and O–H groups in total. The number of fused-ring (bicyclic) bond motifs is 1. The van der Waals surface area contributed by atoms with E-state index in [4.69, 9.17) is 5.11 Å². The summed E-state index contributed by atoms with van der Waals surface area (Å²) in [4.78, 5) is 25.8. The van der Waals surface area contributed by atoms with Crippen molar-refractivity contribution in [2.24, 2.45) is 5.92 Å². The van der Waals surface area contributed by atoms with Gasteiger partial charge >= 0.3 is 5.97 Å². The van der Waals surface area contributed by atoms with Crippen molar-refractivity contribution >= 4 is 16.9 Å². The topological polar surface area (TPSA) is 70.2 Å². The summed E-state index contributed by atoms with van der Waals surface area (Å²) in [7, 11) is 0. The first-order chi connectivity index (χ1) is 8.90. The van der Waals surface area contributed by atoms with E-state index in [0.717, 1.165) is 22.0 Å². The number of hydrogen-bond donors (Lipinski definition) is 2. The molecule has 1 atom stereocenters. The van der Waals surface area contributed by atoms with Crippen LogP contribution < -0.4 is 5.56 Å². The summed E-state index contributed by atoms with van der Waals surface area (Å²) in [6.45, 7) is 5.52. The second kappa shape index (κ2) is 4.88. The number of carboxylic acid groups (broad SMARTS) is 1. The third-order valence-electron chi connectivity index (χ3n) is 3.47. The van der Waals surface area contributed by atoms with Crippen LogP contribution in [0.1, 0.15) is 23.6 Å². The molecule has 0 amide bonds. The molecule has 1 aromatic heterocycles. The highest BCUT2D eigenvalue weighted by molar-refractivity contribution is 5.85. The van der Waals surface area contributed by atoms with Crippen LogP contribution in [-0.4, -0.2) is 16.1 Å². The zero-order valence-corrected chi connectivity index (χ0v) is 11.3. The Labute approximate surface area is 111 Å². The van der Waals surface area contributed by atoms with Gasteiger partial charge in [0.15, 0.2) is 0 Å². The zero-order valence-electron chi connectivity index (χ0n) is 11.3. The first-order valence-corrected chi connectivity index (χ1v) is 6.25. The molecule has 1 unspecified atom stereocenters. The van der Waals surface area contributed by atoms with Crippen molar-refractivity contribution in [3.8, 4) is 0 Å². The maximum Gasteiger partial charge on any atom is 0.306 e. The van der Waals surface area contributed by atoms with E-state index in [-0.39, 0.29) is 12.0 Å². The van der Waals surface area contributed by atoms with Gasteiger partial charge in [-0.3, -0.25) is 9.59 Å². The molecule has 0 radical (unpaired) electrons. The molecule has 0 bridgehead atoms. The van der Waals surface area contributed by atoms with Gasteiger partial charge in [-0.25, -0.2) is 0 Å². The maximum atomic E-state index is 12.0. The molecule has 0 fully saturated rings. The van der Waals surface area contributed by atoms with E-state index in [0.29, 0.717) is 5.56 Å². The first-order valence-electron chi connectivity index (χ1n) is 6.25. The molecule has 4 nitrogen and oxygen atoms in total. The fourth-order valence-corrected chi connectivity index (χ4v) is 2.19. The molecule has 2 rings (SSSR count).